The third-order valence-corrected chi connectivity index (χ3v) is 4.42. The number of carbonyl (C=O) groups is 1. The molecule has 2 rings (SSSR count). The fourth-order valence-corrected chi connectivity index (χ4v) is 2.82. The number of hydrogen-bond donors (Lipinski definition) is 1. The molecule has 20 heavy (non-hydrogen) atoms. The summed E-state index contributed by atoms with van der Waals surface area (Å²) in [6.07, 6.45) is 4.25. The predicted molar refractivity (Wildman–Crippen MR) is 81.5 cm³/mol. The second kappa shape index (κ2) is 6.02. The average molecular weight is 307 g/mol. The molecule has 0 aliphatic carbocycles. The lowest BCUT2D eigenvalue weighted by molar-refractivity contribution is -0.111. The Kier molecular flexibility index (Phi) is 4.36. The molecule has 2 aromatic rings. The van der Waals surface area contributed by atoms with Gasteiger partial charge in [-0.1, -0.05) is 12.1 Å². The van der Waals surface area contributed by atoms with Crippen LogP contribution in [0, 0.1) is 0 Å². The fraction of sp³-hybridized carbons (Fsp3) is 0.0714. The molecule has 0 bridgehead atoms. The Balaban J connectivity index is 2.08. The van der Waals surface area contributed by atoms with Crippen LogP contribution in [0.15, 0.2) is 52.7 Å². The first kappa shape index (κ1) is 14.5. The zero-order chi connectivity index (χ0) is 14.6. The molecule has 0 aliphatic heterocycles. The van der Waals surface area contributed by atoms with Crippen molar-refractivity contribution in [1.29, 1.82) is 0 Å². The lowest BCUT2D eigenvalue weighted by Crippen LogP contribution is -2.08. The van der Waals surface area contributed by atoms with Crippen molar-refractivity contribution in [2.24, 2.45) is 0 Å². The Morgan fingerprint density at radius 1 is 1.25 bits per heavy atom. The maximum atomic E-state index is 11.7. The zero-order valence-electron chi connectivity index (χ0n) is 10.7. The van der Waals surface area contributed by atoms with Crippen molar-refractivity contribution in [2.45, 2.75) is 4.90 Å². The van der Waals surface area contributed by atoms with E-state index in [9.17, 15) is 13.2 Å². The maximum Gasteiger partial charge on any atom is 0.248 e. The summed E-state index contributed by atoms with van der Waals surface area (Å²) in [4.78, 5) is 12.9. The molecule has 4 nitrogen and oxygen atoms in total. The van der Waals surface area contributed by atoms with E-state index in [4.69, 9.17) is 0 Å². The molecule has 0 saturated heterocycles. The highest BCUT2D eigenvalue weighted by Gasteiger charge is 2.07. The summed E-state index contributed by atoms with van der Waals surface area (Å²) in [5.41, 5.74) is 0.453. The fourth-order valence-electron chi connectivity index (χ4n) is 1.53. The van der Waals surface area contributed by atoms with E-state index >= 15 is 0 Å². The second-order valence-electron chi connectivity index (χ2n) is 4.14. The van der Waals surface area contributed by atoms with E-state index in [2.05, 4.69) is 5.32 Å². The third-order valence-electron chi connectivity index (χ3n) is 2.47. The van der Waals surface area contributed by atoms with Crippen LogP contribution in [-0.2, 0) is 14.6 Å². The van der Waals surface area contributed by atoms with Gasteiger partial charge in [-0.25, -0.2) is 8.42 Å². The molecule has 6 heteroatoms. The Morgan fingerprint density at radius 3 is 2.70 bits per heavy atom. The molecular formula is C14H13NO3S2. The van der Waals surface area contributed by atoms with Gasteiger partial charge < -0.3 is 5.32 Å². The van der Waals surface area contributed by atoms with E-state index in [1.54, 1.807) is 18.2 Å². The van der Waals surface area contributed by atoms with Gasteiger partial charge in [0.2, 0.25) is 5.91 Å². The highest BCUT2D eigenvalue weighted by atomic mass is 32.2. The summed E-state index contributed by atoms with van der Waals surface area (Å²) in [6, 6.07) is 9.97. The van der Waals surface area contributed by atoms with Crippen molar-refractivity contribution in [1.82, 2.24) is 0 Å². The Labute approximate surface area is 121 Å². The lowest BCUT2D eigenvalue weighted by atomic mass is 10.3. The molecule has 1 amide bonds. The van der Waals surface area contributed by atoms with Crippen molar-refractivity contribution in [3.05, 3.63) is 52.7 Å². The Hall–Kier alpha value is -1.92. The molecule has 104 valence electrons. The molecule has 0 radical (unpaired) electrons. The van der Waals surface area contributed by atoms with Gasteiger partial charge in [-0.3, -0.25) is 4.79 Å². The van der Waals surface area contributed by atoms with Crippen LogP contribution in [0.4, 0.5) is 5.69 Å². The van der Waals surface area contributed by atoms with E-state index in [1.165, 1.54) is 29.5 Å². The summed E-state index contributed by atoms with van der Waals surface area (Å²) in [6.45, 7) is 0. The Bertz CT molecular complexity index is 732. The number of rotatable bonds is 4. The number of sulfone groups is 1. The second-order valence-corrected chi connectivity index (χ2v) is 7.13. The number of nitrogens with one attached hydrogen (secondary N) is 1. The normalized spacial score (nSPS) is 11.7. The highest BCUT2D eigenvalue weighted by molar-refractivity contribution is 7.90. The van der Waals surface area contributed by atoms with Crippen LogP contribution in [0.2, 0.25) is 0 Å². The van der Waals surface area contributed by atoms with Crippen LogP contribution < -0.4 is 5.32 Å². The zero-order valence-corrected chi connectivity index (χ0v) is 12.4. The monoisotopic (exact) mass is 307 g/mol. The standard InChI is InChI=1S/C14H13NO3S2/c1-20(17,18)13-6-2-4-11(10-13)15-14(16)8-7-12-5-3-9-19-12/h2-10H,1H3,(H,15,16)/b8-7+. The molecule has 0 fully saturated rings. The first-order valence-electron chi connectivity index (χ1n) is 5.78. The van der Waals surface area contributed by atoms with Crippen molar-refractivity contribution >= 4 is 38.8 Å². The van der Waals surface area contributed by atoms with Crippen LogP contribution in [0.3, 0.4) is 0 Å². The minimum absolute atomic E-state index is 0.178. The molecule has 0 saturated carbocycles. The van der Waals surface area contributed by atoms with E-state index in [1.807, 2.05) is 17.5 Å². The van der Waals surface area contributed by atoms with E-state index in [-0.39, 0.29) is 10.8 Å². The number of thiophene rings is 1. The molecule has 1 N–H and O–H groups in total. The topological polar surface area (TPSA) is 63.2 Å². The summed E-state index contributed by atoms with van der Waals surface area (Å²) < 4.78 is 22.9. The molecule has 0 spiro atoms. The molecular weight excluding hydrogens is 294 g/mol. The predicted octanol–water partition coefficient (Wildman–Crippen LogP) is 2.80. The summed E-state index contributed by atoms with van der Waals surface area (Å²) in [5, 5.41) is 4.56. The van der Waals surface area contributed by atoms with Gasteiger partial charge in [0.05, 0.1) is 4.90 Å². The maximum absolute atomic E-state index is 11.7. The average Bonchev–Trinajstić information content (AvgIpc) is 2.89. The van der Waals surface area contributed by atoms with Crippen LogP contribution in [0.5, 0.6) is 0 Å². The van der Waals surface area contributed by atoms with Crippen molar-refractivity contribution < 1.29 is 13.2 Å². The molecule has 1 aromatic carbocycles. The third kappa shape index (κ3) is 4.04. The van der Waals surface area contributed by atoms with E-state index in [0.29, 0.717) is 5.69 Å². The minimum Gasteiger partial charge on any atom is -0.322 e. The SMILES string of the molecule is CS(=O)(=O)c1cccc(NC(=O)/C=C/c2cccs2)c1. The summed E-state index contributed by atoms with van der Waals surface area (Å²) in [7, 11) is -3.28. The van der Waals surface area contributed by atoms with Crippen LogP contribution in [-0.4, -0.2) is 20.6 Å². The van der Waals surface area contributed by atoms with Gasteiger partial charge in [0.25, 0.3) is 0 Å². The highest BCUT2D eigenvalue weighted by Crippen LogP contribution is 2.15. The quantitative estimate of drug-likeness (QED) is 0.883. The number of amides is 1. The first-order chi connectivity index (χ1) is 9.45. The van der Waals surface area contributed by atoms with Gasteiger partial charge >= 0.3 is 0 Å². The largest absolute Gasteiger partial charge is 0.322 e. The van der Waals surface area contributed by atoms with Gasteiger partial charge in [-0.05, 0) is 35.7 Å². The van der Waals surface area contributed by atoms with Crippen LogP contribution in [0.25, 0.3) is 6.08 Å². The number of hydrogen-bond acceptors (Lipinski definition) is 4. The van der Waals surface area contributed by atoms with Crippen molar-refractivity contribution in [2.75, 3.05) is 11.6 Å². The number of benzene rings is 1. The lowest BCUT2D eigenvalue weighted by Gasteiger charge is -2.04. The number of anilines is 1. The first-order valence-corrected chi connectivity index (χ1v) is 8.55. The van der Waals surface area contributed by atoms with Crippen molar-refractivity contribution in [3.63, 3.8) is 0 Å². The number of carbonyl (C=O) groups excluding carboxylic acids is 1. The van der Waals surface area contributed by atoms with Gasteiger partial charge in [-0.15, -0.1) is 11.3 Å². The molecule has 0 unspecified atom stereocenters. The minimum atomic E-state index is -3.28. The molecule has 1 heterocycles. The van der Waals surface area contributed by atoms with Crippen molar-refractivity contribution in [3.8, 4) is 0 Å². The molecule has 0 atom stereocenters. The van der Waals surface area contributed by atoms with E-state index in [0.717, 1.165) is 11.1 Å². The van der Waals surface area contributed by atoms with Crippen LogP contribution >= 0.6 is 11.3 Å². The van der Waals surface area contributed by atoms with Gasteiger partial charge in [-0.2, -0.15) is 0 Å². The van der Waals surface area contributed by atoms with E-state index < -0.39 is 9.84 Å². The molecule has 1 aromatic heterocycles. The van der Waals surface area contributed by atoms with Gasteiger partial charge in [0.15, 0.2) is 9.84 Å². The molecule has 0 aliphatic rings. The summed E-state index contributed by atoms with van der Waals surface area (Å²) >= 11 is 1.53. The Morgan fingerprint density at radius 2 is 2.05 bits per heavy atom. The van der Waals surface area contributed by atoms with Gasteiger partial charge in [0.1, 0.15) is 0 Å². The smallest absolute Gasteiger partial charge is 0.248 e. The van der Waals surface area contributed by atoms with Crippen LogP contribution in [0.1, 0.15) is 4.88 Å². The summed E-state index contributed by atoms with van der Waals surface area (Å²) in [5.74, 6) is -0.302. The van der Waals surface area contributed by atoms with Gasteiger partial charge in [0, 0.05) is 22.9 Å².